The maximum atomic E-state index is 13.6. The first-order valence-corrected chi connectivity index (χ1v) is 16.6. The van der Waals surface area contributed by atoms with E-state index < -0.39 is 0 Å². The number of nitrogens with zero attached hydrogens (tertiary/aromatic N) is 3. The predicted octanol–water partition coefficient (Wildman–Crippen LogP) is 5.49. The summed E-state index contributed by atoms with van der Waals surface area (Å²) >= 11 is 0. The third-order valence-corrected chi connectivity index (χ3v) is 8.97. The van der Waals surface area contributed by atoms with Crippen LogP contribution >= 0.6 is 0 Å². The first-order valence-electron chi connectivity index (χ1n) is 16.6. The molecule has 4 aromatic carbocycles. The molecule has 3 N–H and O–H groups in total. The SMILES string of the molecule is COc1cc(C(=O)N(C)c2ccc(C(C)c3ccccc3C(=O)N3CCN(C)CC3)cc2)ccc1NC(=O)c1ccccc1OCCCN. The number of piperazine rings is 1. The Kier molecular flexibility index (Phi) is 11.7. The largest absolute Gasteiger partial charge is 0.495 e. The summed E-state index contributed by atoms with van der Waals surface area (Å²) in [7, 11) is 5.28. The number of amides is 3. The molecule has 0 bridgehead atoms. The number of para-hydroxylation sites is 1. The molecule has 4 aromatic rings. The van der Waals surface area contributed by atoms with Gasteiger partial charge in [-0.2, -0.15) is 0 Å². The van der Waals surface area contributed by atoms with E-state index in [1.807, 2.05) is 53.4 Å². The Morgan fingerprint density at radius 3 is 2.24 bits per heavy atom. The van der Waals surface area contributed by atoms with Gasteiger partial charge in [-0.25, -0.2) is 0 Å². The summed E-state index contributed by atoms with van der Waals surface area (Å²) in [5.41, 5.74) is 10.2. The Bertz CT molecular complexity index is 1770. The lowest BCUT2D eigenvalue weighted by Gasteiger charge is -2.33. The van der Waals surface area contributed by atoms with Gasteiger partial charge in [0.25, 0.3) is 17.7 Å². The number of hydrogen-bond acceptors (Lipinski definition) is 7. The van der Waals surface area contributed by atoms with E-state index >= 15 is 0 Å². The molecule has 49 heavy (non-hydrogen) atoms. The van der Waals surface area contributed by atoms with Crippen molar-refractivity contribution in [3.05, 3.63) is 119 Å². The first kappa shape index (κ1) is 35.1. The van der Waals surface area contributed by atoms with E-state index in [0.717, 1.165) is 42.9 Å². The van der Waals surface area contributed by atoms with Crippen LogP contribution in [0.15, 0.2) is 91.0 Å². The predicted molar refractivity (Wildman–Crippen MR) is 193 cm³/mol. The second-order valence-corrected chi connectivity index (χ2v) is 12.2. The zero-order valence-corrected chi connectivity index (χ0v) is 28.6. The van der Waals surface area contributed by atoms with Crippen LogP contribution in [-0.2, 0) is 0 Å². The Labute approximate surface area is 288 Å². The second kappa shape index (κ2) is 16.3. The van der Waals surface area contributed by atoms with Crippen molar-refractivity contribution in [2.45, 2.75) is 19.3 Å². The summed E-state index contributed by atoms with van der Waals surface area (Å²) in [6.07, 6.45) is 0.672. The zero-order chi connectivity index (χ0) is 34.9. The molecule has 10 heteroatoms. The van der Waals surface area contributed by atoms with Gasteiger partial charge in [-0.1, -0.05) is 49.4 Å². The fourth-order valence-corrected chi connectivity index (χ4v) is 5.89. The van der Waals surface area contributed by atoms with E-state index in [2.05, 4.69) is 24.2 Å². The summed E-state index contributed by atoms with van der Waals surface area (Å²) < 4.78 is 11.3. The second-order valence-electron chi connectivity index (χ2n) is 12.2. The van der Waals surface area contributed by atoms with Crippen molar-refractivity contribution in [2.24, 2.45) is 5.73 Å². The lowest BCUT2D eigenvalue weighted by atomic mass is 9.89. The number of methoxy groups -OCH3 is 1. The van der Waals surface area contributed by atoms with Gasteiger partial charge in [0.1, 0.15) is 11.5 Å². The Balaban J connectivity index is 1.27. The Morgan fingerprint density at radius 2 is 1.55 bits per heavy atom. The van der Waals surface area contributed by atoms with E-state index in [4.69, 9.17) is 15.2 Å². The number of likely N-dealkylation sites (N-methyl/N-ethyl adjacent to an activating group) is 1. The number of ether oxygens (including phenoxy) is 2. The summed E-state index contributed by atoms with van der Waals surface area (Å²) in [4.78, 5) is 46.0. The van der Waals surface area contributed by atoms with Gasteiger partial charge in [0.05, 0.1) is 25.0 Å². The summed E-state index contributed by atoms with van der Waals surface area (Å²) in [5.74, 6) is 0.250. The molecule has 0 radical (unpaired) electrons. The molecule has 256 valence electrons. The lowest BCUT2D eigenvalue weighted by Crippen LogP contribution is -2.47. The number of anilines is 2. The van der Waals surface area contributed by atoms with Gasteiger partial charge < -0.3 is 35.2 Å². The number of rotatable bonds is 12. The van der Waals surface area contributed by atoms with Crippen molar-refractivity contribution in [3.63, 3.8) is 0 Å². The standard InChI is InChI=1S/C39H45N5O5/c1-27(31-10-5-6-11-32(31)39(47)44-23-21-42(2)22-24-44)28-14-17-30(18-15-28)43(3)38(46)29-16-19-34(36(26-29)48-4)41-37(45)33-12-7-8-13-35(33)49-25-9-20-40/h5-8,10-19,26-27H,9,20-25,40H2,1-4H3,(H,41,45). The van der Waals surface area contributed by atoms with Crippen molar-refractivity contribution in [1.29, 1.82) is 0 Å². The monoisotopic (exact) mass is 663 g/mol. The van der Waals surface area contributed by atoms with Crippen LogP contribution < -0.4 is 25.4 Å². The third kappa shape index (κ3) is 8.28. The molecule has 1 aliphatic rings. The normalized spacial score (nSPS) is 13.8. The van der Waals surface area contributed by atoms with Crippen LogP contribution in [0.1, 0.15) is 61.5 Å². The van der Waals surface area contributed by atoms with Crippen molar-refractivity contribution in [2.75, 3.05) is 70.8 Å². The molecule has 0 spiro atoms. The minimum absolute atomic E-state index is 0.0286. The maximum absolute atomic E-state index is 13.6. The number of benzene rings is 4. The van der Waals surface area contributed by atoms with Crippen LogP contribution in [0, 0.1) is 0 Å². The quantitative estimate of drug-likeness (QED) is 0.193. The fourth-order valence-electron chi connectivity index (χ4n) is 5.89. The molecule has 1 fully saturated rings. The van der Waals surface area contributed by atoms with Gasteiger partial charge in [0.15, 0.2) is 0 Å². The summed E-state index contributed by atoms with van der Waals surface area (Å²) in [6.45, 7) is 6.17. The minimum Gasteiger partial charge on any atom is -0.495 e. The van der Waals surface area contributed by atoms with Crippen LogP contribution in [0.25, 0.3) is 0 Å². The maximum Gasteiger partial charge on any atom is 0.259 e. The summed E-state index contributed by atoms with van der Waals surface area (Å²) in [6, 6.07) is 27.6. The molecule has 1 atom stereocenters. The number of carbonyl (C=O) groups excluding carboxylic acids is 3. The van der Waals surface area contributed by atoms with Gasteiger partial charge in [-0.3, -0.25) is 14.4 Å². The summed E-state index contributed by atoms with van der Waals surface area (Å²) in [5, 5.41) is 2.88. The fraction of sp³-hybridized carbons (Fsp3) is 0.308. The number of carbonyl (C=O) groups is 3. The molecule has 3 amide bonds. The highest BCUT2D eigenvalue weighted by atomic mass is 16.5. The lowest BCUT2D eigenvalue weighted by molar-refractivity contribution is 0.0662. The van der Waals surface area contributed by atoms with E-state index in [1.165, 1.54) is 7.11 Å². The average Bonchev–Trinajstić information content (AvgIpc) is 3.14. The van der Waals surface area contributed by atoms with Gasteiger partial charge in [-0.15, -0.1) is 0 Å². The molecule has 1 saturated heterocycles. The number of nitrogens with one attached hydrogen (secondary N) is 1. The highest BCUT2D eigenvalue weighted by molar-refractivity contribution is 6.09. The Morgan fingerprint density at radius 1 is 0.878 bits per heavy atom. The van der Waals surface area contributed by atoms with Crippen molar-refractivity contribution in [1.82, 2.24) is 9.80 Å². The van der Waals surface area contributed by atoms with Crippen molar-refractivity contribution >= 4 is 29.1 Å². The Hall–Kier alpha value is -5.19. The molecule has 0 aromatic heterocycles. The van der Waals surface area contributed by atoms with E-state index in [1.54, 1.807) is 54.4 Å². The van der Waals surface area contributed by atoms with Gasteiger partial charge >= 0.3 is 0 Å². The molecular formula is C39H45N5O5. The molecule has 0 saturated carbocycles. The van der Waals surface area contributed by atoms with Crippen molar-refractivity contribution in [3.8, 4) is 11.5 Å². The third-order valence-electron chi connectivity index (χ3n) is 8.97. The van der Waals surface area contributed by atoms with Crippen LogP contribution in [0.4, 0.5) is 11.4 Å². The van der Waals surface area contributed by atoms with E-state index in [-0.39, 0.29) is 23.6 Å². The average molecular weight is 664 g/mol. The highest BCUT2D eigenvalue weighted by Gasteiger charge is 2.25. The first-order chi connectivity index (χ1) is 23.7. The highest BCUT2D eigenvalue weighted by Crippen LogP contribution is 2.31. The van der Waals surface area contributed by atoms with Crippen LogP contribution in [0.5, 0.6) is 11.5 Å². The van der Waals surface area contributed by atoms with Crippen LogP contribution in [-0.4, -0.2) is 88.1 Å². The molecular weight excluding hydrogens is 618 g/mol. The molecule has 1 aliphatic heterocycles. The zero-order valence-electron chi connectivity index (χ0n) is 28.6. The van der Waals surface area contributed by atoms with E-state index in [9.17, 15) is 14.4 Å². The molecule has 1 heterocycles. The van der Waals surface area contributed by atoms with Crippen LogP contribution in [0.3, 0.4) is 0 Å². The van der Waals surface area contributed by atoms with Gasteiger partial charge in [0, 0.05) is 56.0 Å². The number of hydrogen-bond donors (Lipinski definition) is 2. The van der Waals surface area contributed by atoms with Gasteiger partial charge in [-0.05, 0) is 79.7 Å². The number of nitrogens with two attached hydrogens (primary N) is 1. The van der Waals surface area contributed by atoms with Gasteiger partial charge in [0.2, 0.25) is 0 Å². The van der Waals surface area contributed by atoms with E-state index in [0.29, 0.717) is 53.6 Å². The molecule has 10 nitrogen and oxygen atoms in total. The van der Waals surface area contributed by atoms with Crippen LogP contribution in [0.2, 0.25) is 0 Å². The molecule has 5 rings (SSSR count). The smallest absolute Gasteiger partial charge is 0.259 e. The van der Waals surface area contributed by atoms with Crippen molar-refractivity contribution < 1.29 is 23.9 Å². The topological polar surface area (TPSA) is 117 Å². The minimum atomic E-state index is -0.363. The molecule has 0 aliphatic carbocycles. The molecule has 1 unspecified atom stereocenters.